The molecule has 1 unspecified atom stereocenters. The van der Waals surface area contributed by atoms with Crippen molar-refractivity contribution in [1.82, 2.24) is 10.6 Å². The zero-order valence-corrected chi connectivity index (χ0v) is 12.6. The second kappa shape index (κ2) is 7.95. The molecule has 1 saturated heterocycles. The van der Waals surface area contributed by atoms with Gasteiger partial charge in [0.15, 0.2) is 0 Å². The summed E-state index contributed by atoms with van der Waals surface area (Å²) in [7, 11) is 0. The Morgan fingerprint density at radius 3 is 2.76 bits per heavy atom. The fourth-order valence-electron chi connectivity index (χ4n) is 2.22. The topological polar surface area (TPSA) is 70.2 Å². The van der Waals surface area contributed by atoms with E-state index in [1.54, 1.807) is 0 Å². The van der Waals surface area contributed by atoms with Crippen LogP contribution in [0.25, 0.3) is 0 Å². The molecule has 0 spiro atoms. The Morgan fingerprint density at radius 1 is 1.38 bits per heavy atom. The number of hydrogen-bond donors (Lipinski definition) is 3. The molecular formula is C14H19ClFN3O2. The minimum absolute atomic E-state index is 0. The van der Waals surface area contributed by atoms with E-state index in [0.717, 1.165) is 19.4 Å². The summed E-state index contributed by atoms with van der Waals surface area (Å²) < 4.78 is 13.7. The Labute approximate surface area is 129 Å². The van der Waals surface area contributed by atoms with E-state index in [2.05, 4.69) is 16.0 Å². The zero-order valence-electron chi connectivity index (χ0n) is 11.7. The van der Waals surface area contributed by atoms with Crippen LogP contribution >= 0.6 is 12.4 Å². The molecule has 1 aliphatic rings. The molecule has 0 radical (unpaired) electrons. The lowest BCUT2D eigenvalue weighted by Gasteiger charge is -2.24. The molecular weight excluding hydrogens is 297 g/mol. The Morgan fingerprint density at radius 2 is 2.14 bits per heavy atom. The van der Waals surface area contributed by atoms with Crippen LogP contribution in [0.5, 0.6) is 0 Å². The second-order valence-electron chi connectivity index (χ2n) is 4.89. The molecule has 1 aromatic rings. The van der Waals surface area contributed by atoms with Gasteiger partial charge in [0.05, 0.1) is 5.56 Å². The minimum Gasteiger partial charge on any atom is -0.348 e. The summed E-state index contributed by atoms with van der Waals surface area (Å²) in [5.74, 6) is -1.32. The number of anilines is 1. The summed E-state index contributed by atoms with van der Waals surface area (Å²) in [5.41, 5.74) is 0.354. The average Bonchev–Trinajstić information content (AvgIpc) is 2.41. The van der Waals surface area contributed by atoms with Crippen LogP contribution in [0.1, 0.15) is 30.1 Å². The van der Waals surface area contributed by atoms with Gasteiger partial charge in [-0.1, -0.05) is 0 Å². The van der Waals surface area contributed by atoms with Gasteiger partial charge in [-0.15, -0.1) is 12.4 Å². The van der Waals surface area contributed by atoms with E-state index in [1.165, 1.54) is 25.1 Å². The molecule has 0 bridgehead atoms. The lowest BCUT2D eigenvalue weighted by molar-refractivity contribution is -0.114. The van der Waals surface area contributed by atoms with Crippen LogP contribution in [0, 0.1) is 5.82 Å². The van der Waals surface area contributed by atoms with Gasteiger partial charge >= 0.3 is 0 Å². The monoisotopic (exact) mass is 315 g/mol. The SMILES string of the molecule is CC(=O)Nc1ccc(F)c(C(=O)NC2CCCNC2)c1.Cl. The van der Waals surface area contributed by atoms with Crippen LogP contribution in [0.2, 0.25) is 0 Å². The van der Waals surface area contributed by atoms with Crippen LogP contribution in [0.3, 0.4) is 0 Å². The van der Waals surface area contributed by atoms with Crippen LogP contribution in [-0.2, 0) is 4.79 Å². The molecule has 1 heterocycles. The molecule has 0 aromatic heterocycles. The van der Waals surface area contributed by atoms with E-state index in [9.17, 15) is 14.0 Å². The van der Waals surface area contributed by atoms with Crippen molar-refractivity contribution in [1.29, 1.82) is 0 Å². The van der Waals surface area contributed by atoms with Gasteiger partial charge in [0.2, 0.25) is 5.91 Å². The normalized spacial score (nSPS) is 17.5. The van der Waals surface area contributed by atoms with E-state index in [-0.39, 0.29) is 29.9 Å². The predicted octanol–water partition coefficient (Wildman–Crippen LogP) is 1.69. The standard InChI is InChI=1S/C14H18FN3O2.ClH/c1-9(19)17-10-4-5-13(15)12(7-10)14(20)18-11-3-2-6-16-8-11;/h4-5,7,11,16H,2-3,6,8H2,1H3,(H,17,19)(H,18,20);1H. The first-order valence-corrected chi connectivity index (χ1v) is 6.65. The zero-order chi connectivity index (χ0) is 14.5. The number of carbonyl (C=O) groups is 2. The molecule has 0 aliphatic carbocycles. The van der Waals surface area contributed by atoms with Gasteiger partial charge in [-0.25, -0.2) is 4.39 Å². The fraction of sp³-hybridized carbons (Fsp3) is 0.429. The van der Waals surface area contributed by atoms with Crippen LogP contribution in [-0.4, -0.2) is 30.9 Å². The van der Waals surface area contributed by atoms with E-state index < -0.39 is 11.7 Å². The minimum atomic E-state index is -0.597. The highest BCUT2D eigenvalue weighted by molar-refractivity contribution is 5.97. The number of hydrogen-bond acceptors (Lipinski definition) is 3. The first-order chi connectivity index (χ1) is 9.56. The first kappa shape index (κ1) is 17.4. The van der Waals surface area contributed by atoms with Crippen molar-refractivity contribution in [2.24, 2.45) is 0 Å². The molecule has 1 aliphatic heterocycles. The summed E-state index contributed by atoms with van der Waals surface area (Å²) in [4.78, 5) is 23.1. The molecule has 1 aromatic carbocycles. The average molecular weight is 316 g/mol. The van der Waals surface area contributed by atoms with E-state index in [0.29, 0.717) is 12.2 Å². The van der Waals surface area contributed by atoms with E-state index in [4.69, 9.17) is 0 Å². The summed E-state index contributed by atoms with van der Waals surface area (Å²) in [5, 5.41) is 8.51. The number of benzene rings is 1. The maximum atomic E-state index is 13.7. The van der Waals surface area contributed by atoms with Crippen molar-refractivity contribution in [2.45, 2.75) is 25.8 Å². The number of halogens is 2. The second-order valence-corrected chi connectivity index (χ2v) is 4.89. The van der Waals surface area contributed by atoms with Gasteiger partial charge in [0.1, 0.15) is 5.82 Å². The molecule has 7 heteroatoms. The number of carbonyl (C=O) groups excluding carboxylic acids is 2. The van der Waals surface area contributed by atoms with Gasteiger partial charge in [0, 0.05) is 25.2 Å². The highest BCUT2D eigenvalue weighted by Crippen LogP contribution is 2.15. The molecule has 2 rings (SSSR count). The van der Waals surface area contributed by atoms with Gasteiger partial charge in [-0.2, -0.15) is 0 Å². The number of nitrogens with one attached hydrogen (secondary N) is 3. The molecule has 2 amide bonds. The Balaban J connectivity index is 0.00000220. The van der Waals surface area contributed by atoms with E-state index in [1.807, 2.05) is 0 Å². The number of amides is 2. The van der Waals surface area contributed by atoms with Gasteiger partial charge in [-0.05, 0) is 37.6 Å². The Hall–Kier alpha value is -1.66. The van der Waals surface area contributed by atoms with Crippen molar-refractivity contribution in [3.63, 3.8) is 0 Å². The number of piperidine rings is 1. The molecule has 3 N–H and O–H groups in total. The summed E-state index contributed by atoms with van der Waals surface area (Å²) in [6.45, 7) is 2.99. The highest BCUT2D eigenvalue weighted by Gasteiger charge is 2.19. The van der Waals surface area contributed by atoms with Crippen LogP contribution in [0.4, 0.5) is 10.1 Å². The third kappa shape index (κ3) is 4.99. The lowest BCUT2D eigenvalue weighted by atomic mass is 10.1. The van der Waals surface area contributed by atoms with Crippen LogP contribution < -0.4 is 16.0 Å². The van der Waals surface area contributed by atoms with Gasteiger partial charge in [-0.3, -0.25) is 9.59 Å². The van der Waals surface area contributed by atoms with Gasteiger partial charge in [0.25, 0.3) is 5.91 Å². The third-order valence-electron chi connectivity index (χ3n) is 3.16. The van der Waals surface area contributed by atoms with Crippen molar-refractivity contribution >= 4 is 29.9 Å². The molecule has 116 valence electrons. The van der Waals surface area contributed by atoms with E-state index >= 15 is 0 Å². The molecule has 0 saturated carbocycles. The van der Waals surface area contributed by atoms with Gasteiger partial charge < -0.3 is 16.0 Å². The summed E-state index contributed by atoms with van der Waals surface area (Å²) >= 11 is 0. The van der Waals surface area contributed by atoms with Crippen molar-refractivity contribution < 1.29 is 14.0 Å². The van der Waals surface area contributed by atoms with Crippen molar-refractivity contribution in [3.8, 4) is 0 Å². The largest absolute Gasteiger partial charge is 0.348 e. The maximum absolute atomic E-state index is 13.7. The third-order valence-corrected chi connectivity index (χ3v) is 3.16. The molecule has 5 nitrogen and oxygen atoms in total. The maximum Gasteiger partial charge on any atom is 0.254 e. The first-order valence-electron chi connectivity index (χ1n) is 6.65. The highest BCUT2D eigenvalue weighted by atomic mass is 35.5. The van der Waals surface area contributed by atoms with Crippen LogP contribution in [0.15, 0.2) is 18.2 Å². The molecule has 1 atom stereocenters. The van der Waals surface area contributed by atoms with Crippen molar-refractivity contribution in [2.75, 3.05) is 18.4 Å². The summed E-state index contributed by atoms with van der Waals surface area (Å²) in [6, 6.07) is 3.97. The summed E-state index contributed by atoms with van der Waals surface area (Å²) in [6.07, 6.45) is 1.87. The smallest absolute Gasteiger partial charge is 0.254 e. The fourth-order valence-corrected chi connectivity index (χ4v) is 2.22. The predicted molar refractivity (Wildman–Crippen MR) is 81.3 cm³/mol. The number of rotatable bonds is 3. The Kier molecular flexibility index (Phi) is 6.58. The van der Waals surface area contributed by atoms with Crippen molar-refractivity contribution in [3.05, 3.63) is 29.6 Å². The quantitative estimate of drug-likeness (QED) is 0.795. The Bertz CT molecular complexity index is 519. The lowest BCUT2D eigenvalue weighted by Crippen LogP contribution is -2.45. The molecule has 21 heavy (non-hydrogen) atoms. The molecule has 1 fully saturated rings.